The van der Waals surface area contributed by atoms with Gasteiger partial charge in [0.25, 0.3) is 0 Å². The van der Waals surface area contributed by atoms with E-state index in [2.05, 4.69) is 15.9 Å². The number of ether oxygens (including phenoxy) is 1. The largest absolute Gasteiger partial charge is 0.487 e. The molecule has 0 aliphatic heterocycles. The van der Waals surface area contributed by atoms with E-state index in [9.17, 15) is 22.9 Å². The van der Waals surface area contributed by atoms with E-state index in [1.807, 2.05) is 0 Å². The van der Waals surface area contributed by atoms with E-state index in [1.54, 1.807) is 0 Å². The van der Waals surface area contributed by atoms with Gasteiger partial charge in [0.2, 0.25) is 9.05 Å². The monoisotopic (exact) mass is 389 g/mol. The first-order valence-electron chi connectivity index (χ1n) is 5.39. The maximum atomic E-state index is 13.3. The summed E-state index contributed by atoms with van der Waals surface area (Å²) in [5.74, 6) is -1.10. The first-order chi connectivity index (χ1) is 9.20. The average Bonchev–Trinajstić information content (AvgIpc) is 2.31. The summed E-state index contributed by atoms with van der Waals surface area (Å²) in [5.41, 5.74) is -0.372. The lowest BCUT2D eigenvalue weighted by atomic mass is 10.3. The summed E-state index contributed by atoms with van der Waals surface area (Å²) >= 11 is 2.85. The number of nitro groups is 1. The van der Waals surface area contributed by atoms with Crippen LogP contribution in [0.3, 0.4) is 0 Å². The lowest BCUT2D eigenvalue weighted by molar-refractivity contribution is -0.386. The molecular weight excluding hydrogens is 381 g/mol. The van der Waals surface area contributed by atoms with Crippen molar-refractivity contribution >= 4 is 41.4 Å². The van der Waals surface area contributed by atoms with Crippen LogP contribution in [0, 0.1) is 15.9 Å². The average molecular weight is 391 g/mol. The molecular formula is C10H10BrClFNO5S. The van der Waals surface area contributed by atoms with Gasteiger partial charge in [-0.25, -0.2) is 12.8 Å². The van der Waals surface area contributed by atoms with E-state index in [4.69, 9.17) is 15.4 Å². The highest BCUT2D eigenvalue weighted by atomic mass is 79.9. The van der Waals surface area contributed by atoms with Crippen LogP contribution in [0.2, 0.25) is 0 Å². The topological polar surface area (TPSA) is 86.5 Å². The maximum Gasteiger partial charge on any atom is 0.312 e. The van der Waals surface area contributed by atoms with Crippen LogP contribution in [-0.2, 0) is 9.05 Å². The lowest BCUT2D eigenvalue weighted by Gasteiger charge is -2.07. The number of rotatable bonds is 7. The predicted molar refractivity (Wildman–Crippen MR) is 75.1 cm³/mol. The molecule has 0 aliphatic carbocycles. The first-order valence-corrected chi connectivity index (χ1v) is 8.66. The second-order valence-corrected chi connectivity index (χ2v) is 7.54. The molecule has 1 aromatic carbocycles. The fraction of sp³-hybridized carbons (Fsp3) is 0.400. The Morgan fingerprint density at radius 1 is 1.40 bits per heavy atom. The quantitative estimate of drug-likeness (QED) is 0.309. The van der Waals surface area contributed by atoms with Crippen LogP contribution in [0.1, 0.15) is 12.8 Å². The fourth-order valence-corrected chi connectivity index (χ4v) is 2.54. The summed E-state index contributed by atoms with van der Waals surface area (Å²) in [5, 5.41) is 10.8. The number of nitro benzene ring substituents is 1. The predicted octanol–water partition coefficient (Wildman–Crippen LogP) is 3.22. The standard InChI is InChI=1S/C10H10BrClFNO5S/c11-7-5-9(14(15)16)10(6-8(7)13)19-3-1-2-4-20(12,17)18/h5-6H,1-4H2. The highest BCUT2D eigenvalue weighted by molar-refractivity contribution is 9.10. The van der Waals surface area contributed by atoms with Crippen LogP contribution < -0.4 is 4.74 Å². The van der Waals surface area contributed by atoms with Gasteiger partial charge in [-0.1, -0.05) is 0 Å². The zero-order valence-corrected chi connectivity index (χ0v) is 13.2. The molecule has 0 unspecified atom stereocenters. The van der Waals surface area contributed by atoms with Gasteiger partial charge in [0.05, 0.1) is 21.8 Å². The molecule has 0 aromatic heterocycles. The molecule has 0 spiro atoms. The molecule has 1 aromatic rings. The summed E-state index contributed by atoms with van der Waals surface area (Å²) in [6.45, 7) is 0.0221. The van der Waals surface area contributed by atoms with Crippen molar-refractivity contribution in [3.05, 3.63) is 32.5 Å². The number of hydrogen-bond donors (Lipinski definition) is 0. The molecule has 0 amide bonds. The SMILES string of the molecule is O=[N+]([O-])c1cc(Br)c(F)cc1OCCCCS(=O)(=O)Cl. The van der Waals surface area contributed by atoms with Crippen LogP contribution in [0.15, 0.2) is 16.6 Å². The number of benzene rings is 1. The third kappa shape index (κ3) is 5.59. The number of hydrogen-bond acceptors (Lipinski definition) is 5. The van der Waals surface area contributed by atoms with E-state index >= 15 is 0 Å². The molecule has 10 heteroatoms. The van der Waals surface area contributed by atoms with Crippen molar-refractivity contribution in [2.24, 2.45) is 0 Å². The van der Waals surface area contributed by atoms with Crippen molar-refractivity contribution in [1.29, 1.82) is 0 Å². The molecule has 0 radical (unpaired) electrons. The Balaban J connectivity index is 2.64. The first kappa shape index (κ1) is 17.1. The Morgan fingerprint density at radius 2 is 2.05 bits per heavy atom. The molecule has 6 nitrogen and oxygen atoms in total. The summed E-state index contributed by atoms with van der Waals surface area (Å²) < 4.78 is 39.7. The Morgan fingerprint density at radius 3 is 2.60 bits per heavy atom. The smallest absolute Gasteiger partial charge is 0.312 e. The molecule has 0 heterocycles. The van der Waals surface area contributed by atoms with Gasteiger partial charge in [-0.2, -0.15) is 0 Å². The van der Waals surface area contributed by atoms with Gasteiger partial charge in [0, 0.05) is 22.8 Å². The molecule has 0 atom stereocenters. The summed E-state index contributed by atoms with van der Waals surface area (Å²) in [6, 6.07) is 1.91. The molecule has 0 saturated heterocycles. The Hall–Kier alpha value is -0.930. The summed E-state index contributed by atoms with van der Waals surface area (Å²) in [7, 11) is 1.46. The zero-order valence-electron chi connectivity index (χ0n) is 10.0. The third-order valence-corrected chi connectivity index (χ3v) is 4.09. The van der Waals surface area contributed by atoms with Gasteiger partial charge < -0.3 is 4.74 Å². The molecule has 0 N–H and O–H groups in total. The minimum absolute atomic E-state index is 0.0221. The third-order valence-electron chi connectivity index (χ3n) is 2.24. The van der Waals surface area contributed by atoms with Crippen molar-refractivity contribution in [3.63, 3.8) is 0 Å². The van der Waals surface area contributed by atoms with Crippen molar-refractivity contribution in [2.75, 3.05) is 12.4 Å². The summed E-state index contributed by atoms with van der Waals surface area (Å²) in [4.78, 5) is 10.1. The number of halogens is 3. The van der Waals surface area contributed by atoms with E-state index in [-0.39, 0.29) is 34.7 Å². The van der Waals surface area contributed by atoms with Gasteiger partial charge in [-0.05, 0) is 28.8 Å². The van der Waals surface area contributed by atoms with Crippen LogP contribution in [-0.4, -0.2) is 25.7 Å². The van der Waals surface area contributed by atoms with E-state index < -0.39 is 19.8 Å². The van der Waals surface area contributed by atoms with E-state index in [1.165, 1.54) is 0 Å². The van der Waals surface area contributed by atoms with Crippen LogP contribution in [0.25, 0.3) is 0 Å². The van der Waals surface area contributed by atoms with Crippen molar-refractivity contribution in [1.82, 2.24) is 0 Å². The van der Waals surface area contributed by atoms with E-state index in [0.717, 1.165) is 12.1 Å². The van der Waals surface area contributed by atoms with Crippen molar-refractivity contribution in [3.8, 4) is 5.75 Å². The summed E-state index contributed by atoms with van der Waals surface area (Å²) in [6.07, 6.45) is 0.569. The van der Waals surface area contributed by atoms with Crippen molar-refractivity contribution in [2.45, 2.75) is 12.8 Å². The minimum atomic E-state index is -3.56. The van der Waals surface area contributed by atoms with Crippen LogP contribution in [0.4, 0.5) is 10.1 Å². The molecule has 112 valence electrons. The highest BCUT2D eigenvalue weighted by Crippen LogP contribution is 2.32. The Labute approximate surface area is 127 Å². The van der Waals surface area contributed by atoms with Gasteiger partial charge in [0.1, 0.15) is 5.82 Å². The fourth-order valence-electron chi connectivity index (χ4n) is 1.34. The van der Waals surface area contributed by atoms with Gasteiger partial charge in [-0.3, -0.25) is 10.1 Å². The second-order valence-electron chi connectivity index (χ2n) is 3.79. The zero-order chi connectivity index (χ0) is 15.3. The molecule has 0 aliphatic rings. The molecule has 1 rings (SSSR count). The van der Waals surface area contributed by atoms with Crippen LogP contribution >= 0.6 is 26.6 Å². The van der Waals surface area contributed by atoms with E-state index in [0.29, 0.717) is 6.42 Å². The molecule has 20 heavy (non-hydrogen) atoms. The van der Waals surface area contributed by atoms with Crippen molar-refractivity contribution < 1.29 is 22.5 Å². The normalized spacial score (nSPS) is 11.3. The number of nitrogens with zero attached hydrogens (tertiary/aromatic N) is 1. The Bertz CT molecular complexity index is 610. The van der Waals surface area contributed by atoms with Gasteiger partial charge in [-0.15, -0.1) is 0 Å². The molecule has 0 fully saturated rings. The van der Waals surface area contributed by atoms with Crippen LogP contribution in [0.5, 0.6) is 5.75 Å². The maximum absolute atomic E-state index is 13.3. The lowest BCUT2D eigenvalue weighted by Crippen LogP contribution is -2.04. The van der Waals surface area contributed by atoms with Gasteiger partial charge >= 0.3 is 5.69 Å². The second kappa shape index (κ2) is 7.19. The minimum Gasteiger partial charge on any atom is -0.487 e. The number of unbranched alkanes of at least 4 members (excludes halogenated alkanes) is 1. The Kier molecular flexibility index (Phi) is 6.15. The van der Waals surface area contributed by atoms with Gasteiger partial charge in [0.15, 0.2) is 5.75 Å². The molecule has 0 bridgehead atoms. The highest BCUT2D eigenvalue weighted by Gasteiger charge is 2.18. The molecule has 0 saturated carbocycles.